The molecule has 2 aromatic carbocycles. The van der Waals surface area contributed by atoms with Gasteiger partial charge >= 0.3 is 0 Å². The van der Waals surface area contributed by atoms with Gasteiger partial charge in [-0.1, -0.05) is 50.1 Å². The van der Waals surface area contributed by atoms with Crippen molar-refractivity contribution in [3.63, 3.8) is 0 Å². The molecular formula is C27H42Cl2N2O2. The van der Waals surface area contributed by atoms with Crippen LogP contribution >= 0.6 is 24.8 Å². The molecule has 1 aliphatic carbocycles. The van der Waals surface area contributed by atoms with E-state index in [2.05, 4.69) is 47.5 Å². The first-order valence-corrected chi connectivity index (χ1v) is 12.2. The molecule has 6 heteroatoms. The molecular weight excluding hydrogens is 455 g/mol. The number of aromatic hydroxyl groups is 2. The van der Waals surface area contributed by atoms with Gasteiger partial charge in [-0.2, -0.15) is 0 Å². The lowest BCUT2D eigenvalue weighted by molar-refractivity contribution is 0.176. The van der Waals surface area contributed by atoms with Crippen molar-refractivity contribution in [3.05, 3.63) is 59.2 Å². The Hall–Kier alpha value is -1.46. The van der Waals surface area contributed by atoms with Crippen LogP contribution in [0.4, 0.5) is 0 Å². The number of nitrogens with one attached hydrogen (secondary N) is 1. The number of phenols is 2. The molecule has 3 rings (SSSR count). The summed E-state index contributed by atoms with van der Waals surface area (Å²) in [5, 5.41) is 23.2. The number of fused-ring (bicyclic) bond motifs is 1. The van der Waals surface area contributed by atoms with Crippen LogP contribution in [-0.4, -0.2) is 47.3 Å². The third-order valence-electron chi connectivity index (χ3n) is 6.51. The SMILES string of the molecule is CCCN(CCCCCCNCCc1ccccc1)C1CCc2cc(O)c(O)cc2C1.Cl.Cl. The normalized spacial score (nSPS) is 14.9. The van der Waals surface area contributed by atoms with E-state index in [-0.39, 0.29) is 36.3 Å². The van der Waals surface area contributed by atoms with E-state index in [0.29, 0.717) is 6.04 Å². The van der Waals surface area contributed by atoms with Crippen LogP contribution in [-0.2, 0) is 19.3 Å². The summed E-state index contributed by atoms with van der Waals surface area (Å²) in [4.78, 5) is 2.66. The monoisotopic (exact) mass is 496 g/mol. The van der Waals surface area contributed by atoms with Gasteiger partial charge < -0.3 is 20.4 Å². The van der Waals surface area contributed by atoms with E-state index in [1.165, 1.54) is 55.3 Å². The Morgan fingerprint density at radius 1 is 0.879 bits per heavy atom. The van der Waals surface area contributed by atoms with Gasteiger partial charge in [0.15, 0.2) is 11.5 Å². The van der Waals surface area contributed by atoms with E-state index in [4.69, 9.17) is 0 Å². The molecule has 1 unspecified atom stereocenters. The van der Waals surface area contributed by atoms with Gasteiger partial charge in [0.05, 0.1) is 0 Å². The minimum atomic E-state index is 0. The topological polar surface area (TPSA) is 55.7 Å². The Morgan fingerprint density at radius 2 is 1.58 bits per heavy atom. The fourth-order valence-corrected chi connectivity index (χ4v) is 4.76. The zero-order valence-electron chi connectivity index (χ0n) is 20.0. The van der Waals surface area contributed by atoms with Crippen molar-refractivity contribution < 1.29 is 10.2 Å². The molecule has 0 aromatic heterocycles. The molecule has 1 atom stereocenters. The number of nitrogens with zero attached hydrogens (tertiary/aromatic N) is 1. The number of halogens is 2. The number of hydrogen-bond acceptors (Lipinski definition) is 4. The lowest BCUT2D eigenvalue weighted by atomic mass is 9.87. The Kier molecular flexibility index (Phi) is 14.5. The lowest BCUT2D eigenvalue weighted by Gasteiger charge is -2.35. The van der Waals surface area contributed by atoms with Crippen molar-refractivity contribution in [2.75, 3.05) is 26.2 Å². The maximum Gasteiger partial charge on any atom is 0.157 e. The van der Waals surface area contributed by atoms with E-state index in [1.54, 1.807) is 12.1 Å². The Bertz CT molecular complexity index is 789. The van der Waals surface area contributed by atoms with E-state index in [1.807, 2.05) is 0 Å². The second-order valence-corrected chi connectivity index (χ2v) is 8.94. The van der Waals surface area contributed by atoms with Gasteiger partial charge in [-0.05, 0) is 99.9 Å². The molecule has 3 N–H and O–H groups in total. The molecule has 0 aliphatic heterocycles. The third kappa shape index (κ3) is 9.74. The number of unbranched alkanes of at least 4 members (excludes halogenated alkanes) is 3. The largest absolute Gasteiger partial charge is 0.504 e. The fourth-order valence-electron chi connectivity index (χ4n) is 4.76. The molecule has 0 radical (unpaired) electrons. The smallest absolute Gasteiger partial charge is 0.157 e. The third-order valence-corrected chi connectivity index (χ3v) is 6.51. The molecule has 186 valence electrons. The molecule has 0 spiro atoms. The highest BCUT2D eigenvalue weighted by atomic mass is 35.5. The molecule has 0 saturated carbocycles. The van der Waals surface area contributed by atoms with Crippen LogP contribution in [0.2, 0.25) is 0 Å². The van der Waals surface area contributed by atoms with Crippen LogP contribution in [0.25, 0.3) is 0 Å². The zero-order chi connectivity index (χ0) is 21.9. The number of phenolic OH excluding ortho intramolecular Hbond substituents is 2. The lowest BCUT2D eigenvalue weighted by Crippen LogP contribution is -2.40. The highest BCUT2D eigenvalue weighted by Gasteiger charge is 2.24. The Labute approximate surface area is 212 Å². The first-order chi connectivity index (χ1) is 15.2. The molecule has 0 amide bonds. The number of benzene rings is 2. The van der Waals surface area contributed by atoms with E-state index in [9.17, 15) is 10.2 Å². The minimum Gasteiger partial charge on any atom is -0.504 e. The fraction of sp³-hybridized carbons (Fsp3) is 0.556. The second kappa shape index (κ2) is 16.2. The quantitative estimate of drug-likeness (QED) is 0.238. The second-order valence-electron chi connectivity index (χ2n) is 8.94. The van der Waals surface area contributed by atoms with Gasteiger partial charge in [0.25, 0.3) is 0 Å². The highest BCUT2D eigenvalue weighted by Crippen LogP contribution is 2.33. The maximum atomic E-state index is 9.87. The van der Waals surface area contributed by atoms with Crippen LogP contribution in [0.15, 0.2) is 42.5 Å². The van der Waals surface area contributed by atoms with Gasteiger partial charge in [0.1, 0.15) is 0 Å². The summed E-state index contributed by atoms with van der Waals surface area (Å²) in [6, 6.07) is 14.8. The van der Waals surface area contributed by atoms with Gasteiger partial charge in [-0.3, -0.25) is 0 Å². The van der Waals surface area contributed by atoms with Crippen molar-refractivity contribution >= 4 is 24.8 Å². The van der Waals surface area contributed by atoms with Crippen molar-refractivity contribution in [1.82, 2.24) is 10.2 Å². The van der Waals surface area contributed by atoms with Crippen LogP contribution in [0.1, 0.15) is 62.1 Å². The Balaban J connectivity index is 0.00000272. The first kappa shape index (κ1) is 29.6. The summed E-state index contributed by atoms with van der Waals surface area (Å²) < 4.78 is 0. The summed E-state index contributed by atoms with van der Waals surface area (Å²) in [6.45, 7) is 6.74. The van der Waals surface area contributed by atoms with Crippen LogP contribution < -0.4 is 5.32 Å². The average Bonchev–Trinajstić information content (AvgIpc) is 2.78. The van der Waals surface area contributed by atoms with Gasteiger partial charge in [0.2, 0.25) is 0 Å². The summed E-state index contributed by atoms with van der Waals surface area (Å²) in [5.74, 6) is 0.0241. The zero-order valence-corrected chi connectivity index (χ0v) is 21.6. The molecule has 0 heterocycles. The van der Waals surface area contributed by atoms with Crippen LogP contribution in [0.5, 0.6) is 11.5 Å². The van der Waals surface area contributed by atoms with Crippen molar-refractivity contribution in [2.45, 2.75) is 70.8 Å². The predicted octanol–water partition coefficient (Wildman–Crippen LogP) is 5.90. The molecule has 2 aromatic rings. The van der Waals surface area contributed by atoms with Crippen LogP contribution in [0.3, 0.4) is 0 Å². The Morgan fingerprint density at radius 3 is 2.30 bits per heavy atom. The van der Waals surface area contributed by atoms with Gasteiger partial charge in [-0.15, -0.1) is 24.8 Å². The number of rotatable bonds is 13. The molecule has 0 saturated heterocycles. The van der Waals surface area contributed by atoms with Crippen molar-refractivity contribution in [1.29, 1.82) is 0 Å². The maximum absolute atomic E-state index is 9.87. The molecule has 1 aliphatic rings. The van der Waals surface area contributed by atoms with Crippen LogP contribution in [0, 0.1) is 0 Å². The van der Waals surface area contributed by atoms with Gasteiger partial charge in [0, 0.05) is 6.04 Å². The summed E-state index contributed by atoms with van der Waals surface area (Å²) >= 11 is 0. The molecule has 33 heavy (non-hydrogen) atoms. The van der Waals surface area contributed by atoms with E-state index < -0.39 is 0 Å². The number of hydrogen-bond donors (Lipinski definition) is 3. The minimum absolute atomic E-state index is 0. The van der Waals surface area contributed by atoms with Crippen molar-refractivity contribution in [3.8, 4) is 11.5 Å². The van der Waals surface area contributed by atoms with Crippen molar-refractivity contribution in [2.24, 2.45) is 0 Å². The summed E-state index contributed by atoms with van der Waals surface area (Å²) in [6.07, 6.45) is 10.5. The van der Waals surface area contributed by atoms with Gasteiger partial charge in [-0.25, -0.2) is 0 Å². The summed E-state index contributed by atoms with van der Waals surface area (Å²) in [5.41, 5.74) is 3.81. The summed E-state index contributed by atoms with van der Waals surface area (Å²) in [7, 11) is 0. The first-order valence-electron chi connectivity index (χ1n) is 12.2. The number of aryl methyl sites for hydroxylation is 1. The molecule has 4 nitrogen and oxygen atoms in total. The molecule has 0 bridgehead atoms. The highest BCUT2D eigenvalue weighted by molar-refractivity contribution is 5.85. The van der Waals surface area contributed by atoms with E-state index >= 15 is 0 Å². The average molecular weight is 498 g/mol. The predicted molar refractivity (Wildman–Crippen MR) is 143 cm³/mol. The standard InChI is InChI=1S/C27H40N2O2.2ClH/c1-2-17-29(25-13-12-23-20-26(30)27(31)21-24(23)19-25)18-9-4-3-8-15-28-16-14-22-10-6-5-7-11-22;;/h5-7,10-11,20-21,25,28,30-31H,2-4,8-9,12-19H2,1H3;2*1H. The molecule has 0 fully saturated rings. The van der Waals surface area contributed by atoms with E-state index in [0.717, 1.165) is 45.3 Å².